The van der Waals surface area contributed by atoms with Crippen LogP contribution in [0.3, 0.4) is 0 Å². The first-order valence-corrected chi connectivity index (χ1v) is 20.4. The summed E-state index contributed by atoms with van der Waals surface area (Å²) in [6.45, 7) is 26.6. The largest absolute Gasteiger partial charge is 0.481 e. The van der Waals surface area contributed by atoms with Gasteiger partial charge >= 0.3 is 5.97 Å². The average molecular weight is 730 g/mol. The second-order valence-corrected chi connectivity index (χ2v) is 20.8. The van der Waals surface area contributed by atoms with Gasteiger partial charge in [-0.25, -0.2) is 9.67 Å². The Balaban J connectivity index is 1.35. The van der Waals surface area contributed by atoms with Crippen LogP contribution in [-0.4, -0.2) is 62.3 Å². The van der Waals surface area contributed by atoms with Crippen LogP contribution in [0.4, 0.5) is 0 Å². The van der Waals surface area contributed by atoms with E-state index in [0.29, 0.717) is 37.6 Å². The minimum absolute atomic E-state index is 0.115. The summed E-state index contributed by atoms with van der Waals surface area (Å²) < 4.78 is 16.1. The van der Waals surface area contributed by atoms with E-state index in [1.54, 1.807) is 6.33 Å². The van der Waals surface area contributed by atoms with Crippen LogP contribution >= 0.6 is 0 Å². The lowest BCUT2D eigenvalue weighted by Gasteiger charge is -2.71. The number of carboxylic acids is 1. The molecule has 2 bridgehead atoms. The van der Waals surface area contributed by atoms with Gasteiger partial charge < -0.3 is 20.3 Å². The number of ether oxygens (including phenoxy) is 2. The summed E-state index contributed by atoms with van der Waals surface area (Å²) in [7, 11) is 0. The van der Waals surface area contributed by atoms with Gasteiger partial charge in [0, 0.05) is 34.3 Å². The number of rotatable bonds is 8. The molecule has 1 aliphatic heterocycles. The molecule has 53 heavy (non-hydrogen) atoms. The summed E-state index contributed by atoms with van der Waals surface area (Å²) in [5.41, 5.74) is 7.43. The van der Waals surface area contributed by atoms with Crippen molar-refractivity contribution in [2.45, 2.75) is 132 Å². The fourth-order valence-corrected chi connectivity index (χ4v) is 12.8. The number of pyridine rings is 1. The Labute approximate surface area is 318 Å². The number of fused-ring (bicyclic) bond motifs is 3. The molecular weight excluding hydrogens is 663 g/mol. The predicted octanol–water partition coefficient (Wildman–Crippen LogP) is 8.62. The average Bonchev–Trinajstić information content (AvgIpc) is 3.57. The van der Waals surface area contributed by atoms with E-state index in [4.69, 9.17) is 25.3 Å². The zero-order valence-electron chi connectivity index (χ0n) is 34.4. The lowest BCUT2D eigenvalue weighted by atomic mass is 9.34. The monoisotopic (exact) mass is 730 g/mol. The molecule has 5 aliphatic rings. The Morgan fingerprint density at radius 1 is 1.06 bits per heavy atom. The number of nitrogens with zero attached hydrogens (tertiary/aromatic N) is 4. The molecule has 12 atom stereocenters. The van der Waals surface area contributed by atoms with E-state index in [-0.39, 0.29) is 50.6 Å². The molecule has 0 radical (unpaired) electrons. The van der Waals surface area contributed by atoms with Crippen molar-refractivity contribution in [2.75, 3.05) is 19.8 Å². The maximum absolute atomic E-state index is 13.6. The lowest BCUT2D eigenvalue weighted by molar-refractivity contribution is -0.253. The molecule has 9 nitrogen and oxygen atoms in total. The first-order chi connectivity index (χ1) is 24.7. The highest BCUT2D eigenvalue weighted by atomic mass is 16.5. The van der Waals surface area contributed by atoms with Gasteiger partial charge in [0.15, 0.2) is 5.82 Å². The number of hydrogen-bond donors (Lipinski definition) is 2. The van der Waals surface area contributed by atoms with Crippen molar-refractivity contribution in [1.82, 2.24) is 19.7 Å². The molecule has 3 saturated carbocycles. The number of aromatic nitrogens is 4. The number of hydrogen-bond acceptors (Lipinski definition) is 7. The van der Waals surface area contributed by atoms with E-state index < -0.39 is 17.4 Å². The number of aliphatic carboxylic acids is 1. The van der Waals surface area contributed by atoms with E-state index >= 15 is 0 Å². The third-order valence-electron chi connectivity index (χ3n) is 17.2. The molecule has 0 spiro atoms. The molecule has 7 rings (SSSR count). The zero-order valence-corrected chi connectivity index (χ0v) is 34.4. The summed E-state index contributed by atoms with van der Waals surface area (Å²) in [6, 6.07) is 3.89. The standard InChI is InChI=1S/C44H67N5O4/c1-27(2)28(3)39(7)18-19-41(9)30-12-13-33-40(8)23-52-25-44(33,31(30)14-17-42(41,10)34(39)37(50)51)22-32(35(40)53-24-43(11,45)38(4,5)6)49-36(47-26-48-49)29-15-20-46-21-16-29/h14-16,20-21,26-28,30,32-35H,12-13,17-19,22-25,45H2,1-11H3,(H,50,51)/t28-,30+,32-,33+,34-,35+,39-,40+,41-,42+,43?,44+/m1/s1. The van der Waals surface area contributed by atoms with E-state index in [0.717, 1.165) is 49.9 Å². The van der Waals surface area contributed by atoms with Gasteiger partial charge in [0.1, 0.15) is 6.33 Å². The van der Waals surface area contributed by atoms with Crippen molar-refractivity contribution in [1.29, 1.82) is 0 Å². The minimum Gasteiger partial charge on any atom is -0.481 e. The lowest BCUT2D eigenvalue weighted by Crippen LogP contribution is -2.69. The van der Waals surface area contributed by atoms with E-state index in [9.17, 15) is 9.90 Å². The molecule has 3 heterocycles. The fraction of sp³-hybridized carbons (Fsp3) is 0.773. The van der Waals surface area contributed by atoms with Gasteiger partial charge in [-0.05, 0) is 103 Å². The Bertz CT molecular complexity index is 1730. The highest BCUT2D eigenvalue weighted by Crippen LogP contribution is 2.75. The van der Waals surface area contributed by atoms with Gasteiger partial charge in [-0.2, -0.15) is 5.10 Å². The molecule has 0 amide bonds. The van der Waals surface area contributed by atoms with Gasteiger partial charge in [-0.15, -0.1) is 0 Å². The molecule has 9 heteroatoms. The van der Waals surface area contributed by atoms with Crippen LogP contribution < -0.4 is 5.73 Å². The van der Waals surface area contributed by atoms with E-state index in [1.165, 1.54) is 5.57 Å². The van der Waals surface area contributed by atoms with Gasteiger partial charge in [-0.3, -0.25) is 9.78 Å². The van der Waals surface area contributed by atoms with Gasteiger partial charge in [-0.1, -0.05) is 80.9 Å². The van der Waals surface area contributed by atoms with Crippen LogP contribution in [0.2, 0.25) is 0 Å². The molecule has 4 aliphatic carbocycles. The second-order valence-electron chi connectivity index (χ2n) is 20.8. The van der Waals surface area contributed by atoms with Crippen molar-refractivity contribution in [3.8, 4) is 11.4 Å². The maximum Gasteiger partial charge on any atom is 0.307 e. The summed E-state index contributed by atoms with van der Waals surface area (Å²) in [5.74, 6) is 1.12. The first-order valence-electron chi connectivity index (χ1n) is 20.4. The normalized spacial score (nSPS) is 41.4. The van der Waals surface area contributed by atoms with E-state index in [1.807, 2.05) is 24.5 Å². The summed E-state index contributed by atoms with van der Waals surface area (Å²) in [4.78, 5) is 22.7. The van der Waals surface area contributed by atoms with Crippen molar-refractivity contribution in [3.05, 3.63) is 42.5 Å². The number of carbonyl (C=O) groups is 1. The molecule has 2 aromatic heterocycles. The second kappa shape index (κ2) is 12.7. The van der Waals surface area contributed by atoms with Gasteiger partial charge in [0.05, 0.1) is 37.9 Å². The van der Waals surface area contributed by atoms with Crippen LogP contribution in [0.25, 0.3) is 11.4 Å². The van der Waals surface area contributed by atoms with Crippen molar-refractivity contribution in [2.24, 2.45) is 67.8 Å². The third-order valence-corrected chi connectivity index (χ3v) is 17.2. The number of allylic oxidation sites excluding steroid dienone is 1. The quantitative estimate of drug-likeness (QED) is 0.259. The van der Waals surface area contributed by atoms with Crippen molar-refractivity contribution >= 4 is 5.97 Å². The molecule has 2 aromatic rings. The molecule has 1 unspecified atom stereocenters. The van der Waals surface area contributed by atoms with Crippen LogP contribution in [0.1, 0.15) is 121 Å². The number of nitrogens with two attached hydrogens (primary N) is 1. The minimum atomic E-state index is -0.625. The smallest absolute Gasteiger partial charge is 0.307 e. The first kappa shape index (κ1) is 38.6. The van der Waals surface area contributed by atoms with Crippen molar-refractivity contribution < 1.29 is 19.4 Å². The van der Waals surface area contributed by atoms with Crippen molar-refractivity contribution in [3.63, 3.8) is 0 Å². The zero-order chi connectivity index (χ0) is 38.6. The highest BCUT2D eigenvalue weighted by molar-refractivity contribution is 5.73. The Morgan fingerprint density at radius 2 is 1.75 bits per heavy atom. The molecule has 1 saturated heterocycles. The van der Waals surface area contributed by atoms with Crippen LogP contribution in [0.15, 0.2) is 42.5 Å². The summed E-state index contributed by atoms with van der Waals surface area (Å²) >= 11 is 0. The maximum atomic E-state index is 13.6. The molecule has 292 valence electrons. The molecule has 3 N–H and O–H groups in total. The highest BCUT2D eigenvalue weighted by Gasteiger charge is 2.72. The Morgan fingerprint density at radius 3 is 2.40 bits per heavy atom. The molecular formula is C44H67N5O4. The summed E-state index contributed by atoms with van der Waals surface area (Å²) in [5, 5.41) is 16.1. The van der Waals surface area contributed by atoms with Gasteiger partial charge in [0.25, 0.3) is 0 Å². The Kier molecular flexibility index (Phi) is 9.26. The topological polar surface area (TPSA) is 125 Å². The summed E-state index contributed by atoms with van der Waals surface area (Å²) in [6.07, 6.45) is 13.3. The Hall–Kier alpha value is -2.62. The third kappa shape index (κ3) is 5.47. The molecule has 4 fully saturated rings. The fourth-order valence-electron chi connectivity index (χ4n) is 12.8. The predicted molar refractivity (Wildman–Crippen MR) is 208 cm³/mol. The van der Waals surface area contributed by atoms with Gasteiger partial charge in [0.2, 0.25) is 0 Å². The molecule has 0 aromatic carbocycles. The van der Waals surface area contributed by atoms with E-state index in [2.05, 4.69) is 91.9 Å². The SMILES string of the molecule is CC(C)[C@@H](C)[C@@]1(C)CC[C@]2(C)[C@H]3CC[C@@H]4[C@@]5(COC[C@]4(C)[C@@H](OCC(C)(N)C(C)(C)C)[C@H](n4ncnc4-c4ccncc4)C5)C3=CC[C@@]2(C)[C@@H]1C(=O)O. The van der Waals surface area contributed by atoms with Crippen LogP contribution in [0, 0.1) is 62.1 Å². The van der Waals surface area contributed by atoms with Crippen LogP contribution in [0.5, 0.6) is 0 Å². The van der Waals surface area contributed by atoms with Crippen LogP contribution in [-0.2, 0) is 14.3 Å². The number of carboxylic acid groups (broad SMARTS) is 1.